The number of fused-ring (bicyclic) bond motifs is 1. The number of rotatable bonds is 5. The molecule has 170 valence electrons. The fourth-order valence-electron chi connectivity index (χ4n) is 3.95. The summed E-state index contributed by atoms with van der Waals surface area (Å²) in [5.74, 6) is 1.91. The van der Waals surface area contributed by atoms with Crippen LogP contribution in [0.5, 0.6) is 11.5 Å². The average molecular weight is 453 g/mol. The van der Waals surface area contributed by atoms with Gasteiger partial charge in [-0.1, -0.05) is 29.4 Å². The number of hydrogen-bond donors (Lipinski definition) is 0. The Morgan fingerprint density at radius 3 is 2.35 bits per heavy atom. The van der Waals surface area contributed by atoms with Crippen LogP contribution in [-0.4, -0.2) is 28.9 Å². The monoisotopic (exact) mass is 453 g/mol. The van der Waals surface area contributed by atoms with Crippen molar-refractivity contribution in [3.63, 3.8) is 0 Å². The summed E-state index contributed by atoms with van der Waals surface area (Å²) < 4.78 is 18.0. The van der Waals surface area contributed by atoms with Gasteiger partial charge in [0.1, 0.15) is 0 Å². The molecule has 7 heteroatoms. The molecule has 0 N–H and O–H groups in total. The van der Waals surface area contributed by atoms with Crippen LogP contribution in [0.4, 0.5) is 0 Å². The minimum atomic E-state index is -0.109. The Morgan fingerprint density at radius 1 is 0.853 bits per heavy atom. The number of pyridine rings is 1. The molecule has 0 fully saturated rings. The van der Waals surface area contributed by atoms with E-state index in [2.05, 4.69) is 10.1 Å². The summed E-state index contributed by atoms with van der Waals surface area (Å²) in [6, 6.07) is 18.8. The molecule has 0 saturated carbocycles. The summed E-state index contributed by atoms with van der Waals surface area (Å²) in [6.07, 6.45) is 1.76. The first kappa shape index (κ1) is 21.5. The Kier molecular flexibility index (Phi) is 5.37. The van der Waals surface area contributed by atoms with Gasteiger partial charge in [-0.25, -0.2) is 0 Å². The fraction of sp³-hybridized carbons (Fsp3) is 0.148. The summed E-state index contributed by atoms with van der Waals surface area (Å²) in [7, 11) is 3.16. The highest BCUT2D eigenvalue weighted by Gasteiger charge is 2.18. The van der Waals surface area contributed by atoms with Crippen molar-refractivity contribution in [1.82, 2.24) is 14.7 Å². The third kappa shape index (κ3) is 3.61. The van der Waals surface area contributed by atoms with Crippen molar-refractivity contribution in [3.05, 3.63) is 88.3 Å². The normalized spacial score (nSPS) is 11.1. The molecule has 5 aromatic rings. The van der Waals surface area contributed by atoms with Gasteiger partial charge in [0.2, 0.25) is 5.82 Å². The van der Waals surface area contributed by atoms with E-state index in [1.54, 1.807) is 37.1 Å². The lowest BCUT2D eigenvalue weighted by molar-refractivity contribution is 0.355. The second kappa shape index (κ2) is 8.51. The average Bonchev–Trinajstić information content (AvgIpc) is 3.36. The van der Waals surface area contributed by atoms with Gasteiger partial charge in [-0.05, 0) is 61.4 Å². The molecule has 2 aromatic heterocycles. The van der Waals surface area contributed by atoms with E-state index in [0.29, 0.717) is 34.2 Å². The highest BCUT2D eigenvalue weighted by Crippen LogP contribution is 2.33. The Balaban J connectivity index is 1.68. The molecule has 5 rings (SSSR count). The summed E-state index contributed by atoms with van der Waals surface area (Å²) in [5.41, 5.74) is 4.33. The van der Waals surface area contributed by atoms with E-state index in [1.165, 1.54) is 0 Å². The van der Waals surface area contributed by atoms with Gasteiger partial charge in [0.25, 0.3) is 11.4 Å². The van der Waals surface area contributed by atoms with Crippen LogP contribution in [0.1, 0.15) is 11.1 Å². The summed E-state index contributed by atoms with van der Waals surface area (Å²) in [4.78, 5) is 18.0. The first-order valence-electron chi connectivity index (χ1n) is 10.8. The summed E-state index contributed by atoms with van der Waals surface area (Å²) in [6.45, 7) is 4.07. The van der Waals surface area contributed by atoms with Crippen molar-refractivity contribution < 1.29 is 14.0 Å². The van der Waals surface area contributed by atoms with Crippen molar-refractivity contribution in [2.45, 2.75) is 13.8 Å². The van der Waals surface area contributed by atoms with Crippen LogP contribution in [-0.2, 0) is 0 Å². The number of aryl methyl sites for hydroxylation is 2. The van der Waals surface area contributed by atoms with E-state index in [4.69, 9.17) is 14.0 Å². The highest BCUT2D eigenvalue weighted by atomic mass is 16.5. The van der Waals surface area contributed by atoms with Crippen molar-refractivity contribution in [3.8, 4) is 40.0 Å². The summed E-state index contributed by atoms with van der Waals surface area (Å²) >= 11 is 0. The molecule has 0 amide bonds. The van der Waals surface area contributed by atoms with Crippen LogP contribution >= 0.6 is 0 Å². The van der Waals surface area contributed by atoms with E-state index in [-0.39, 0.29) is 5.56 Å². The SMILES string of the molecule is COc1ccc(-c2noc(-c3cn(-c4ccc(C)c(C)c4)c(=O)c4ccccc34)n2)cc1OC. The second-order valence-corrected chi connectivity index (χ2v) is 8.02. The van der Waals surface area contributed by atoms with Crippen molar-refractivity contribution in [1.29, 1.82) is 0 Å². The molecule has 0 spiro atoms. The molecule has 34 heavy (non-hydrogen) atoms. The molecule has 3 aromatic carbocycles. The van der Waals surface area contributed by atoms with Gasteiger partial charge in [0.05, 0.1) is 19.8 Å². The zero-order valence-electron chi connectivity index (χ0n) is 19.3. The zero-order valence-corrected chi connectivity index (χ0v) is 19.3. The molecule has 0 saturated heterocycles. The van der Waals surface area contributed by atoms with Crippen LogP contribution < -0.4 is 15.0 Å². The van der Waals surface area contributed by atoms with Crippen molar-refractivity contribution in [2.24, 2.45) is 0 Å². The maximum atomic E-state index is 13.3. The first-order valence-corrected chi connectivity index (χ1v) is 10.8. The van der Waals surface area contributed by atoms with Crippen LogP contribution in [0, 0.1) is 13.8 Å². The molecule has 0 atom stereocenters. The van der Waals surface area contributed by atoms with E-state index in [1.807, 2.05) is 62.4 Å². The van der Waals surface area contributed by atoms with Gasteiger partial charge >= 0.3 is 0 Å². The van der Waals surface area contributed by atoms with E-state index in [9.17, 15) is 4.79 Å². The largest absolute Gasteiger partial charge is 0.493 e. The number of nitrogens with zero attached hydrogens (tertiary/aromatic N) is 3. The number of benzene rings is 3. The zero-order chi connectivity index (χ0) is 23.8. The van der Waals surface area contributed by atoms with Crippen LogP contribution in [0.15, 0.2) is 76.2 Å². The minimum absolute atomic E-state index is 0.109. The molecule has 0 aliphatic heterocycles. The maximum Gasteiger partial charge on any atom is 0.262 e. The number of aromatic nitrogens is 3. The maximum absolute atomic E-state index is 13.3. The van der Waals surface area contributed by atoms with Gasteiger partial charge in [-0.2, -0.15) is 4.98 Å². The van der Waals surface area contributed by atoms with Crippen molar-refractivity contribution in [2.75, 3.05) is 14.2 Å². The van der Waals surface area contributed by atoms with E-state index in [0.717, 1.165) is 27.8 Å². The minimum Gasteiger partial charge on any atom is -0.493 e. The van der Waals surface area contributed by atoms with Gasteiger partial charge < -0.3 is 14.0 Å². The molecule has 0 radical (unpaired) electrons. The topological polar surface area (TPSA) is 79.4 Å². The molecule has 2 heterocycles. The third-order valence-corrected chi connectivity index (χ3v) is 5.99. The van der Waals surface area contributed by atoms with E-state index < -0.39 is 0 Å². The molecule has 7 nitrogen and oxygen atoms in total. The number of methoxy groups -OCH3 is 2. The lowest BCUT2D eigenvalue weighted by Crippen LogP contribution is -2.18. The van der Waals surface area contributed by atoms with Gasteiger partial charge in [-0.15, -0.1) is 0 Å². The molecule has 0 bridgehead atoms. The van der Waals surface area contributed by atoms with Crippen LogP contribution in [0.3, 0.4) is 0 Å². The molecule has 0 aliphatic rings. The van der Waals surface area contributed by atoms with Gasteiger partial charge in [0, 0.05) is 28.2 Å². The lowest BCUT2D eigenvalue weighted by Gasteiger charge is -2.12. The highest BCUT2D eigenvalue weighted by molar-refractivity contribution is 5.94. The number of ether oxygens (including phenoxy) is 2. The van der Waals surface area contributed by atoms with E-state index >= 15 is 0 Å². The Morgan fingerprint density at radius 2 is 1.62 bits per heavy atom. The predicted molar refractivity (Wildman–Crippen MR) is 131 cm³/mol. The van der Waals surface area contributed by atoms with Gasteiger partial charge in [-0.3, -0.25) is 9.36 Å². The quantitative estimate of drug-likeness (QED) is 0.357. The standard InChI is InChI=1S/C27H23N3O4/c1-16-9-11-19(13-17(16)2)30-15-22(20-7-5-6-8-21(20)27(30)31)26-28-25(29-34-26)18-10-12-23(32-3)24(14-18)33-4/h5-15H,1-4H3. The Hall–Kier alpha value is -4.39. The fourth-order valence-corrected chi connectivity index (χ4v) is 3.95. The molecule has 0 unspecified atom stereocenters. The second-order valence-electron chi connectivity index (χ2n) is 8.02. The Bertz CT molecular complexity index is 1580. The van der Waals surface area contributed by atoms with Crippen molar-refractivity contribution >= 4 is 10.8 Å². The summed E-state index contributed by atoms with van der Waals surface area (Å²) in [5, 5.41) is 5.50. The predicted octanol–water partition coefficient (Wildman–Crippen LogP) is 5.34. The third-order valence-electron chi connectivity index (χ3n) is 5.99. The van der Waals surface area contributed by atoms with Crippen LogP contribution in [0.25, 0.3) is 39.3 Å². The van der Waals surface area contributed by atoms with Crippen LogP contribution in [0.2, 0.25) is 0 Å². The Labute approximate surface area is 196 Å². The smallest absolute Gasteiger partial charge is 0.262 e. The molecule has 0 aliphatic carbocycles. The molecular formula is C27H23N3O4. The molecular weight excluding hydrogens is 430 g/mol. The first-order chi connectivity index (χ1) is 16.5. The lowest BCUT2D eigenvalue weighted by atomic mass is 10.1. The number of hydrogen-bond acceptors (Lipinski definition) is 6. The van der Waals surface area contributed by atoms with Gasteiger partial charge in [0.15, 0.2) is 11.5 Å².